The van der Waals surface area contributed by atoms with Gasteiger partial charge in [0.25, 0.3) is 0 Å². The highest BCUT2D eigenvalue weighted by molar-refractivity contribution is 5.21. The molecule has 17 heavy (non-hydrogen) atoms. The Kier molecular flexibility index (Phi) is 3.94. The van der Waals surface area contributed by atoms with Gasteiger partial charge in [-0.25, -0.2) is 0 Å². The molecule has 2 atom stereocenters. The van der Waals surface area contributed by atoms with E-state index in [-0.39, 0.29) is 6.10 Å². The molecule has 0 aliphatic rings. The van der Waals surface area contributed by atoms with E-state index in [1.54, 1.807) is 0 Å². The monoisotopic (exact) mass is 226 g/mol. The van der Waals surface area contributed by atoms with Crippen LogP contribution in [0.25, 0.3) is 0 Å². The highest BCUT2D eigenvalue weighted by Crippen LogP contribution is 2.27. The van der Waals surface area contributed by atoms with Crippen molar-refractivity contribution in [2.24, 2.45) is 0 Å². The minimum absolute atomic E-state index is 0.367. The van der Waals surface area contributed by atoms with Gasteiger partial charge in [-0.2, -0.15) is 0 Å². The summed E-state index contributed by atoms with van der Waals surface area (Å²) >= 11 is 0. The van der Waals surface area contributed by atoms with Crippen LogP contribution < -0.4 is 0 Å². The van der Waals surface area contributed by atoms with Gasteiger partial charge in [-0.15, -0.1) is 0 Å². The summed E-state index contributed by atoms with van der Waals surface area (Å²) in [6.07, 6.45) is 0.375. The molecule has 0 aliphatic carbocycles. The maximum atomic E-state index is 10.2. The minimum Gasteiger partial charge on any atom is -0.388 e. The minimum atomic E-state index is -0.383. The van der Waals surface area contributed by atoms with E-state index in [0.29, 0.717) is 5.92 Å². The summed E-state index contributed by atoms with van der Waals surface area (Å²) in [5.74, 6) is 0.367. The molecule has 0 aliphatic heterocycles. The Morgan fingerprint density at radius 3 is 1.82 bits per heavy atom. The van der Waals surface area contributed by atoms with E-state index in [0.717, 1.165) is 12.0 Å². The van der Waals surface area contributed by atoms with Crippen LogP contribution in [-0.2, 0) is 0 Å². The molecule has 1 heteroatoms. The Bertz CT molecular complexity index is 392. The van der Waals surface area contributed by atoms with E-state index in [2.05, 4.69) is 19.1 Å². The lowest BCUT2D eigenvalue weighted by Crippen LogP contribution is -2.03. The Morgan fingerprint density at radius 1 is 0.824 bits per heavy atom. The van der Waals surface area contributed by atoms with Crippen LogP contribution >= 0.6 is 0 Å². The fourth-order valence-electron chi connectivity index (χ4n) is 2.06. The van der Waals surface area contributed by atoms with Crippen LogP contribution in [0.1, 0.15) is 36.5 Å². The van der Waals surface area contributed by atoms with Crippen LogP contribution in [0.3, 0.4) is 0 Å². The molecule has 88 valence electrons. The molecular weight excluding hydrogens is 208 g/mol. The van der Waals surface area contributed by atoms with Crippen molar-refractivity contribution in [3.63, 3.8) is 0 Å². The molecular formula is C16H18O. The predicted octanol–water partition coefficient (Wildman–Crippen LogP) is 3.91. The Hall–Kier alpha value is -1.60. The fraction of sp³-hybridized carbons (Fsp3) is 0.250. The van der Waals surface area contributed by atoms with Gasteiger partial charge in [0.05, 0.1) is 6.10 Å². The van der Waals surface area contributed by atoms with Crippen molar-refractivity contribution in [1.82, 2.24) is 0 Å². The zero-order chi connectivity index (χ0) is 12.1. The summed E-state index contributed by atoms with van der Waals surface area (Å²) < 4.78 is 0. The predicted molar refractivity (Wildman–Crippen MR) is 70.9 cm³/mol. The van der Waals surface area contributed by atoms with Crippen LogP contribution in [0.2, 0.25) is 0 Å². The Labute approximate surface area is 103 Å². The lowest BCUT2D eigenvalue weighted by Gasteiger charge is -2.17. The third-order valence-electron chi connectivity index (χ3n) is 3.13. The Balaban J connectivity index is 2.02. The first kappa shape index (κ1) is 11.9. The lowest BCUT2D eigenvalue weighted by molar-refractivity contribution is 0.159. The number of aliphatic hydroxyl groups is 1. The van der Waals surface area contributed by atoms with E-state index >= 15 is 0 Å². The molecule has 0 bridgehead atoms. The second-order valence-corrected chi connectivity index (χ2v) is 4.47. The summed E-state index contributed by atoms with van der Waals surface area (Å²) in [5.41, 5.74) is 2.28. The molecule has 2 unspecified atom stereocenters. The average Bonchev–Trinajstić information content (AvgIpc) is 2.40. The molecule has 2 aromatic carbocycles. The van der Waals surface area contributed by atoms with Crippen molar-refractivity contribution < 1.29 is 5.11 Å². The van der Waals surface area contributed by atoms with E-state index in [4.69, 9.17) is 0 Å². The molecule has 0 saturated carbocycles. The SMILES string of the molecule is CC(CC(O)c1ccccc1)c1ccccc1. The lowest BCUT2D eigenvalue weighted by atomic mass is 9.92. The molecule has 2 rings (SSSR count). The number of rotatable bonds is 4. The van der Waals surface area contributed by atoms with Gasteiger partial charge in [0.15, 0.2) is 0 Å². The molecule has 0 fully saturated rings. The van der Waals surface area contributed by atoms with Gasteiger partial charge in [-0.05, 0) is 23.5 Å². The highest BCUT2D eigenvalue weighted by Gasteiger charge is 2.13. The summed E-state index contributed by atoms with van der Waals surface area (Å²) in [6.45, 7) is 2.15. The second-order valence-electron chi connectivity index (χ2n) is 4.47. The first-order valence-corrected chi connectivity index (χ1v) is 6.05. The first-order valence-electron chi connectivity index (χ1n) is 6.05. The third kappa shape index (κ3) is 3.18. The molecule has 0 saturated heterocycles. The first-order chi connectivity index (χ1) is 8.27. The van der Waals surface area contributed by atoms with Gasteiger partial charge in [0.2, 0.25) is 0 Å². The smallest absolute Gasteiger partial charge is 0.0795 e. The summed E-state index contributed by atoms with van der Waals surface area (Å²) in [6, 6.07) is 20.2. The van der Waals surface area contributed by atoms with E-state index in [1.807, 2.05) is 48.5 Å². The van der Waals surface area contributed by atoms with Gasteiger partial charge in [0, 0.05) is 0 Å². The van der Waals surface area contributed by atoms with Crippen molar-refractivity contribution in [2.45, 2.75) is 25.4 Å². The quantitative estimate of drug-likeness (QED) is 0.838. The molecule has 0 spiro atoms. The maximum Gasteiger partial charge on any atom is 0.0795 e. The Morgan fingerprint density at radius 2 is 1.29 bits per heavy atom. The normalized spacial score (nSPS) is 14.2. The van der Waals surface area contributed by atoms with Gasteiger partial charge < -0.3 is 5.11 Å². The van der Waals surface area contributed by atoms with E-state index < -0.39 is 0 Å². The van der Waals surface area contributed by atoms with E-state index in [1.165, 1.54) is 5.56 Å². The topological polar surface area (TPSA) is 20.2 Å². The third-order valence-corrected chi connectivity index (χ3v) is 3.13. The number of hydrogen-bond acceptors (Lipinski definition) is 1. The second kappa shape index (κ2) is 5.65. The van der Waals surface area contributed by atoms with Gasteiger partial charge in [0.1, 0.15) is 0 Å². The highest BCUT2D eigenvalue weighted by atomic mass is 16.3. The number of benzene rings is 2. The molecule has 1 nitrogen and oxygen atoms in total. The molecule has 1 N–H and O–H groups in total. The maximum absolute atomic E-state index is 10.2. The molecule has 0 amide bonds. The van der Waals surface area contributed by atoms with Crippen LogP contribution in [-0.4, -0.2) is 5.11 Å². The molecule has 0 aromatic heterocycles. The fourth-order valence-corrected chi connectivity index (χ4v) is 2.06. The van der Waals surface area contributed by atoms with Crippen LogP contribution in [0, 0.1) is 0 Å². The van der Waals surface area contributed by atoms with Gasteiger partial charge >= 0.3 is 0 Å². The standard InChI is InChI=1S/C16H18O/c1-13(14-8-4-2-5-9-14)12-16(17)15-10-6-3-7-11-15/h2-11,13,16-17H,12H2,1H3. The van der Waals surface area contributed by atoms with E-state index in [9.17, 15) is 5.11 Å². The van der Waals surface area contributed by atoms with Crippen LogP contribution in [0.4, 0.5) is 0 Å². The zero-order valence-corrected chi connectivity index (χ0v) is 10.1. The van der Waals surface area contributed by atoms with Crippen molar-refractivity contribution in [3.05, 3.63) is 71.8 Å². The zero-order valence-electron chi connectivity index (χ0n) is 10.1. The molecule has 0 heterocycles. The van der Waals surface area contributed by atoms with Crippen molar-refractivity contribution in [1.29, 1.82) is 0 Å². The summed E-state index contributed by atoms with van der Waals surface area (Å²) in [4.78, 5) is 0. The average molecular weight is 226 g/mol. The number of aliphatic hydroxyl groups excluding tert-OH is 1. The summed E-state index contributed by atoms with van der Waals surface area (Å²) in [5, 5.41) is 10.2. The summed E-state index contributed by atoms with van der Waals surface area (Å²) in [7, 11) is 0. The van der Waals surface area contributed by atoms with Crippen molar-refractivity contribution in [3.8, 4) is 0 Å². The van der Waals surface area contributed by atoms with Crippen molar-refractivity contribution in [2.75, 3.05) is 0 Å². The molecule has 0 radical (unpaired) electrons. The van der Waals surface area contributed by atoms with Crippen molar-refractivity contribution >= 4 is 0 Å². The van der Waals surface area contributed by atoms with Crippen LogP contribution in [0.5, 0.6) is 0 Å². The van der Waals surface area contributed by atoms with Crippen LogP contribution in [0.15, 0.2) is 60.7 Å². The molecule has 2 aromatic rings. The van der Waals surface area contributed by atoms with Gasteiger partial charge in [-0.3, -0.25) is 0 Å². The van der Waals surface area contributed by atoms with Gasteiger partial charge in [-0.1, -0.05) is 67.6 Å². The largest absolute Gasteiger partial charge is 0.388 e. The number of hydrogen-bond donors (Lipinski definition) is 1.